The van der Waals surface area contributed by atoms with Crippen molar-refractivity contribution in [3.05, 3.63) is 161 Å². The van der Waals surface area contributed by atoms with Crippen molar-refractivity contribution in [1.82, 2.24) is 4.57 Å². The highest BCUT2D eigenvalue weighted by atomic mass is 15.0. The highest BCUT2D eigenvalue weighted by Crippen LogP contribution is 2.40. The Labute approximate surface area is 279 Å². The van der Waals surface area contributed by atoms with E-state index in [-0.39, 0.29) is 6.04 Å². The summed E-state index contributed by atoms with van der Waals surface area (Å²) in [5.41, 5.74) is 9.98. The van der Waals surface area contributed by atoms with Gasteiger partial charge in [0.25, 0.3) is 0 Å². The van der Waals surface area contributed by atoms with Crippen molar-refractivity contribution >= 4 is 73.0 Å². The molecule has 1 unspecified atom stereocenters. The Morgan fingerprint density at radius 3 is 2.35 bits per heavy atom. The first-order valence-corrected chi connectivity index (χ1v) is 17.1. The Morgan fingerprint density at radius 2 is 1.38 bits per heavy atom. The number of rotatable bonds is 4. The SMILES string of the molecule is C1=CC(n2c3ccccc3c3cc(Nc4ccccc4-c4cc5ccccc5c5ccc6c(c45)=CCCC=6)ccc32)Cc2ccccc21. The Morgan fingerprint density at radius 1 is 0.583 bits per heavy atom. The lowest BCUT2D eigenvalue weighted by molar-refractivity contribution is 0.635. The number of nitrogens with one attached hydrogen (secondary N) is 1. The van der Waals surface area contributed by atoms with E-state index in [9.17, 15) is 0 Å². The van der Waals surface area contributed by atoms with Crippen LogP contribution in [0.15, 0.2) is 140 Å². The number of hydrogen-bond donors (Lipinski definition) is 1. The first-order chi connectivity index (χ1) is 23.8. The van der Waals surface area contributed by atoms with E-state index in [2.05, 4.69) is 168 Å². The van der Waals surface area contributed by atoms with Gasteiger partial charge in [0.05, 0.1) is 6.04 Å². The van der Waals surface area contributed by atoms with Crippen LogP contribution in [0.2, 0.25) is 0 Å². The summed E-state index contributed by atoms with van der Waals surface area (Å²) in [6, 6.07) is 49.4. The van der Waals surface area contributed by atoms with Crippen molar-refractivity contribution in [3.63, 3.8) is 0 Å². The van der Waals surface area contributed by atoms with Crippen molar-refractivity contribution in [2.75, 3.05) is 5.32 Å². The first kappa shape index (κ1) is 27.3. The molecule has 2 aliphatic rings. The van der Waals surface area contributed by atoms with Crippen molar-refractivity contribution < 1.29 is 0 Å². The number of para-hydroxylation sites is 2. The van der Waals surface area contributed by atoms with Crippen LogP contribution in [0.1, 0.15) is 30.0 Å². The molecule has 0 radical (unpaired) electrons. The molecule has 2 nitrogen and oxygen atoms in total. The summed E-state index contributed by atoms with van der Waals surface area (Å²) in [5.74, 6) is 0. The van der Waals surface area contributed by atoms with Gasteiger partial charge >= 0.3 is 0 Å². The van der Waals surface area contributed by atoms with Gasteiger partial charge in [-0.2, -0.15) is 0 Å². The molecule has 1 atom stereocenters. The lowest BCUT2D eigenvalue weighted by Crippen LogP contribution is -2.27. The average molecular weight is 615 g/mol. The molecule has 1 heterocycles. The third-order valence-corrected chi connectivity index (χ3v) is 10.5. The Bertz CT molecular complexity index is 2740. The minimum Gasteiger partial charge on any atom is -0.355 e. The van der Waals surface area contributed by atoms with Gasteiger partial charge in [0.2, 0.25) is 0 Å². The van der Waals surface area contributed by atoms with Gasteiger partial charge in [0, 0.05) is 38.7 Å². The minimum absolute atomic E-state index is 0.267. The number of allylic oxidation sites excluding steroid dienone is 1. The molecule has 1 N–H and O–H groups in total. The molecule has 0 spiro atoms. The van der Waals surface area contributed by atoms with E-state index in [1.807, 2.05) is 0 Å². The van der Waals surface area contributed by atoms with Gasteiger partial charge in [-0.05, 0) is 104 Å². The van der Waals surface area contributed by atoms with Crippen LogP contribution >= 0.6 is 0 Å². The third-order valence-electron chi connectivity index (χ3n) is 10.5. The van der Waals surface area contributed by atoms with Crippen molar-refractivity contribution in [1.29, 1.82) is 0 Å². The lowest BCUT2D eigenvalue weighted by Gasteiger charge is -2.23. The number of benzene rings is 7. The molecule has 0 fully saturated rings. The fourth-order valence-electron chi connectivity index (χ4n) is 8.31. The van der Waals surface area contributed by atoms with Gasteiger partial charge in [-0.1, -0.05) is 121 Å². The predicted octanol–water partition coefficient (Wildman–Crippen LogP) is 10.7. The molecule has 0 saturated carbocycles. The molecule has 0 saturated heterocycles. The standard InChI is InChI=1S/C46H34N2/c1-2-13-32-27-35(24-21-30(32)11-1)48-44-20-10-8-18-39(44)41-29-34(23-26-45(41)48)47-43-19-9-7-17-38(43)42-28-33-14-4-5-15-36(33)40-25-22-31-12-3-6-16-37(31)46(40)42/h1-2,4-5,7-26,28-29,35,47H,3,6,27H2. The zero-order chi connectivity index (χ0) is 31.6. The van der Waals surface area contributed by atoms with Crippen LogP contribution < -0.4 is 15.8 Å². The molecule has 0 aliphatic heterocycles. The number of hydrogen-bond acceptors (Lipinski definition) is 1. The van der Waals surface area contributed by atoms with E-state index >= 15 is 0 Å². The maximum absolute atomic E-state index is 3.88. The summed E-state index contributed by atoms with van der Waals surface area (Å²) in [6.45, 7) is 0. The van der Waals surface area contributed by atoms with Gasteiger partial charge in [-0.15, -0.1) is 0 Å². The van der Waals surface area contributed by atoms with Crippen LogP contribution in [0.25, 0.3) is 72.7 Å². The summed E-state index contributed by atoms with van der Waals surface area (Å²) in [4.78, 5) is 0. The number of anilines is 2. The van der Waals surface area contributed by atoms with Crippen LogP contribution in [0.3, 0.4) is 0 Å². The maximum atomic E-state index is 3.88. The smallest absolute Gasteiger partial charge is 0.0566 e. The summed E-state index contributed by atoms with van der Waals surface area (Å²) in [5, 5.41) is 14.4. The molecule has 0 bridgehead atoms. The molecular weight excluding hydrogens is 581 g/mol. The zero-order valence-corrected chi connectivity index (χ0v) is 26.7. The van der Waals surface area contributed by atoms with Crippen LogP contribution in [0.4, 0.5) is 11.4 Å². The molecule has 10 rings (SSSR count). The summed E-state index contributed by atoms with van der Waals surface area (Å²) in [6.07, 6.45) is 12.7. The van der Waals surface area contributed by atoms with Gasteiger partial charge in [0.1, 0.15) is 0 Å². The molecule has 2 aliphatic carbocycles. The quantitative estimate of drug-likeness (QED) is 0.195. The number of fused-ring (bicyclic) bond motifs is 9. The topological polar surface area (TPSA) is 17.0 Å². The molecule has 2 heteroatoms. The first-order valence-electron chi connectivity index (χ1n) is 17.1. The van der Waals surface area contributed by atoms with E-state index in [0.29, 0.717) is 0 Å². The summed E-state index contributed by atoms with van der Waals surface area (Å²) >= 11 is 0. The number of nitrogens with zero attached hydrogens (tertiary/aromatic N) is 1. The lowest BCUT2D eigenvalue weighted by atomic mass is 9.89. The van der Waals surface area contributed by atoms with Crippen LogP contribution in [-0.2, 0) is 6.42 Å². The third kappa shape index (κ3) is 4.26. The van der Waals surface area contributed by atoms with E-state index in [0.717, 1.165) is 30.6 Å². The Kier molecular flexibility index (Phi) is 6.17. The summed E-state index contributed by atoms with van der Waals surface area (Å²) in [7, 11) is 0. The van der Waals surface area contributed by atoms with E-state index in [1.54, 1.807) is 0 Å². The van der Waals surface area contributed by atoms with Gasteiger partial charge in [-0.25, -0.2) is 0 Å². The van der Waals surface area contributed by atoms with Gasteiger partial charge in [-0.3, -0.25) is 0 Å². The summed E-state index contributed by atoms with van der Waals surface area (Å²) < 4.78 is 2.53. The van der Waals surface area contributed by atoms with Crippen LogP contribution in [-0.4, -0.2) is 4.57 Å². The second kappa shape index (κ2) is 10.9. The van der Waals surface area contributed by atoms with Crippen molar-refractivity contribution in [2.24, 2.45) is 0 Å². The van der Waals surface area contributed by atoms with Crippen LogP contribution in [0, 0.1) is 0 Å². The fraction of sp³-hybridized carbons (Fsp3) is 0.0870. The molecule has 8 aromatic rings. The molecular formula is C46H34N2. The van der Waals surface area contributed by atoms with E-state index in [1.165, 1.54) is 76.0 Å². The molecule has 0 amide bonds. The Balaban J connectivity index is 1.12. The molecule has 7 aromatic carbocycles. The predicted molar refractivity (Wildman–Crippen MR) is 205 cm³/mol. The van der Waals surface area contributed by atoms with Gasteiger partial charge in [0.15, 0.2) is 0 Å². The normalized spacial score (nSPS) is 15.3. The van der Waals surface area contributed by atoms with Crippen molar-refractivity contribution in [3.8, 4) is 11.1 Å². The zero-order valence-electron chi connectivity index (χ0n) is 26.7. The van der Waals surface area contributed by atoms with Gasteiger partial charge < -0.3 is 9.88 Å². The minimum atomic E-state index is 0.267. The van der Waals surface area contributed by atoms with E-state index < -0.39 is 0 Å². The largest absolute Gasteiger partial charge is 0.355 e. The fourth-order valence-corrected chi connectivity index (χ4v) is 8.31. The second-order valence-corrected chi connectivity index (χ2v) is 13.2. The monoisotopic (exact) mass is 614 g/mol. The van der Waals surface area contributed by atoms with Crippen molar-refractivity contribution in [2.45, 2.75) is 25.3 Å². The number of aromatic nitrogens is 1. The average Bonchev–Trinajstić information content (AvgIpc) is 3.48. The van der Waals surface area contributed by atoms with Crippen LogP contribution in [0.5, 0.6) is 0 Å². The highest BCUT2D eigenvalue weighted by molar-refractivity contribution is 6.15. The highest BCUT2D eigenvalue weighted by Gasteiger charge is 2.21. The Hall–Kier alpha value is -5.86. The second-order valence-electron chi connectivity index (χ2n) is 13.2. The molecule has 1 aromatic heterocycles. The maximum Gasteiger partial charge on any atom is 0.0566 e. The van der Waals surface area contributed by atoms with E-state index in [4.69, 9.17) is 0 Å². The molecule has 48 heavy (non-hydrogen) atoms. The molecule has 228 valence electrons.